The summed E-state index contributed by atoms with van der Waals surface area (Å²) in [7, 11) is 2.03. The van der Waals surface area contributed by atoms with E-state index < -0.39 is 11.9 Å². The first-order valence-corrected chi connectivity index (χ1v) is 8.70. The monoisotopic (exact) mass is 378 g/mol. The number of nitrogens with one attached hydrogen (secondary N) is 1. The van der Waals surface area contributed by atoms with Crippen LogP contribution >= 0.6 is 11.6 Å². The van der Waals surface area contributed by atoms with E-state index in [-0.39, 0.29) is 5.75 Å². The van der Waals surface area contributed by atoms with Gasteiger partial charge in [0.1, 0.15) is 11.6 Å². The van der Waals surface area contributed by atoms with Gasteiger partial charge in [0.25, 0.3) is 0 Å². The van der Waals surface area contributed by atoms with Gasteiger partial charge in [-0.1, -0.05) is 11.6 Å². The molecule has 0 saturated carbocycles. The molecule has 5 nitrogen and oxygen atoms in total. The van der Waals surface area contributed by atoms with Crippen LogP contribution in [0.25, 0.3) is 11.1 Å². The molecular formula is C19H20ClFN2O3. The quantitative estimate of drug-likeness (QED) is 0.830. The summed E-state index contributed by atoms with van der Waals surface area (Å²) in [4.78, 5) is 14.3. The van der Waals surface area contributed by atoms with Crippen molar-refractivity contribution in [2.24, 2.45) is 5.92 Å². The average molecular weight is 379 g/mol. The molecule has 1 aliphatic rings. The number of ether oxygens (including phenoxy) is 1. The number of rotatable bonds is 4. The fraction of sp³-hybridized carbons (Fsp3) is 0.316. The number of hydrogen-bond donors (Lipinski definition) is 2. The summed E-state index contributed by atoms with van der Waals surface area (Å²) < 4.78 is 19.0. The van der Waals surface area contributed by atoms with Crippen LogP contribution in [-0.4, -0.2) is 42.8 Å². The topological polar surface area (TPSA) is 61.8 Å². The Labute approximate surface area is 156 Å². The van der Waals surface area contributed by atoms with Crippen LogP contribution in [0.15, 0.2) is 36.4 Å². The van der Waals surface area contributed by atoms with Crippen LogP contribution in [0.1, 0.15) is 6.42 Å². The fourth-order valence-corrected chi connectivity index (χ4v) is 3.33. The lowest BCUT2D eigenvalue weighted by atomic mass is 10.0. The maximum atomic E-state index is 13.7. The lowest BCUT2D eigenvalue weighted by Crippen LogP contribution is -2.21. The number of aromatic hydroxyl groups is 1. The summed E-state index contributed by atoms with van der Waals surface area (Å²) in [5.74, 6) is -0.189. The smallest absolute Gasteiger partial charge is 0.411 e. The first kappa shape index (κ1) is 18.5. The minimum Gasteiger partial charge on any atom is -0.508 e. The molecule has 1 fully saturated rings. The molecule has 7 heteroatoms. The zero-order chi connectivity index (χ0) is 18.7. The third-order valence-corrected chi connectivity index (χ3v) is 4.57. The van der Waals surface area contributed by atoms with Crippen molar-refractivity contribution in [3.05, 3.63) is 47.2 Å². The van der Waals surface area contributed by atoms with Crippen molar-refractivity contribution >= 4 is 23.4 Å². The second-order valence-corrected chi connectivity index (χ2v) is 6.96. The van der Waals surface area contributed by atoms with Gasteiger partial charge in [0.05, 0.1) is 12.3 Å². The summed E-state index contributed by atoms with van der Waals surface area (Å²) >= 11 is 5.96. The van der Waals surface area contributed by atoms with E-state index in [4.69, 9.17) is 16.3 Å². The largest absolute Gasteiger partial charge is 0.508 e. The number of likely N-dealkylation sites (tertiary alicyclic amines) is 1. The highest BCUT2D eigenvalue weighted by Crippen LogP contribution is 2.33. The van der Waals surface area contributed by atoms with Gasteiger partial charge in [0.2, 0.25) is 0 Å². The first-order chi connectivity index (χ1) is 12.4. The van der Waals surface area contributed by atoms with Crippen LogP contribution in [0.4, 0.5) is 14.9 Å². The summed E-state index contributed by atoms with van der Waals surface area (Å²) in [6.45, 7) is 2.23. The average Bonchev–Trinajstić information content (AvgIpc) is 2.99. The van der Waals surface area contributed by atoms with Crippen molar-refractivity contribution in [1.29, 1.82) is 0 Å². The number of amides is 1. The zero-order valence-electron chi connectivity index (χ0n) is 14.3. The Bertz CT molecular complexity index is 795. The Morgan fingerprint density at radius 2 is 2.19 bits per heavy atom. The third-order valence-electron chi connectivity index (χ3n) is 4.35. The van der Waals surface area contributed by atoms with Gasteiger partial charge >= 0.3 is 6.09 Å². The summed E-state index contributed by atoms with van der Waals surface area (Å²) in [5, 5.41) is 12.7. The zero-order valence-corrected chi connectivity index (χ0v) is 15.1. The molecule has 0 aliphatic carbocycles. The molecule has 1 atom stereocenters. The third kappa shape index (κ3) is 4.65. The summed E-state index contributed by atoms with van der Waals surface area (Å²) in [5.41, 5.74) is 1.27. The molecule has 1 heterocycles. The van der Waals surface area contributed by atoms with Crippen LogP contribution in [-0.2, 0) is 4.74 Å². The van der Waals surface area contributed by atoms with Gasteiger partial charge in [0, 0.05) is 23.0 Å². The van der Waals surface area contributed by atoms with Gasteiger partial charge in [-0.25, -0.2) is 9.18 Å². The molecule has 2 aromatic rings. The van der Waals surface area contributed by atoms with Crippen LogP contribution in [0, 0.1) is 11.7 Å². The maximum Gasteiger partial charge on any atom is 0.411 e. The van der Waals surface area contributed by atoms with E-state index >= 15 is 0 Å². The molecular weight excluding hydrogens is 359 g/mol. The molecule has 138 valence electrons. The normalized spacial score (nSPS) is 17.3. The number of phenols is 1. The molecule has 3 rings (SSSR count). The number of hydrogen-bond acceptors (Lipinski definition) is 4. The predicted molar refractivity (Wildman–Crippen MR) is 99.1 cm³/mol. The van der Waals surface area contributed by atoms with Gasteiger partial charge < -0.3 is 14.7 Å². The second-order valence-electron chi connectivity index (χ2n) is 6.53. The van der Waals surface area contributed by atoms with Crippen molar-refractivity contribution in [3.63, 3.8) is 0 Å². The van der Waals surface area contributed by atoms with Crippen LogP contribution < -0.4 is 5.32 Å². The molecule has 0 unspecified atom stereocenters. The Balaban J connectivity index is 1.74. The van der Waals surface area contributed by atoms with Crippen LogP contribution in [0.5, 0.6) is 5.75 Å². The van der Waals surface area contributed by atoms with Gasteiger partial charge in [-0.15, -0.1) is 0 Å². The fourth-order valence-electron chi connectivity index (χ4n) is 3.10. The highest BCUT2D eigenvalue weighted by atomic mass is 35.5. The van der Waals surface area contributed by atoms with Gasteiger partial charge in [0.15, 0.2) is 0 Å². The highest BCUT2D eigenvalue weighted by molar-refractivity contribution is 6.31. The molecule has 0 spiro atoms. The summed E-state index contributed by atoms with van der Waals surface area (Å²) in [6.07, 6.45) is 0.395. The van der Waals surface area contributed by atoms with Crippen molar-refractivity contribution in [3.8, 4) is 16.9 Å². The Morgan fingerprint density at radius 3 is 2.88 bits per heavy atom. The number of anilines is 1. The predicted octanol–water partition coefficient (Wildman–Crippen LogP) is 4.35. The van der Waals surface area contributed by atoms with Crippen LogP contribution in [0.3, 0.4) is 0 Å². The van der Waals surface area contributed by atoms with Crippen molar-refractivity contribution in [1.82, 2.24) is 4.90 Å². The van der Waals surface area contributed by atoms with Crippen molar-refractivity contribution < 1.29 is 19.0 Å². The molecule has 1 saturated heterocycles. The van der Waals surface area contributed by atoms with E-state index in [9.17, 15) is 14.3 Å². The van der Waals surface area contributed by atoms with E-state index in [0.717, 1.165) is 19.5 Å². The minimum atomic E-state index is -0.598. The lowest BCUT2D eigenvalue weighted by molar-refractivity contribution is 0.142. The van der Waals surface area contributed by atoms with Crippen LogP contribution in [0.2, 0.25) is 5.02 Å². The van der Waals surface area contributed by atoms with Crippen molar-refractivity contribution in [2.75, 3.05) is 32.1 Å². The highest BCUT2D eigenvalue weighted by Gasteiger charge is 2.21. The van der Waals surface area contributed by atoms with E-state index in [0.29, 0.717) is 34.4 Å². The number of halogens is 2. The maximum absolute atomic E-state index is 13.7. The molecule has 26 heavy (non-hydrogen) atoms. The van der Waals surface area contributed by atoms with E-state index in [1.54, 1.807) is 6.07 Å². The van der Waals surface area contributed by atoms with E-state index in [2.05, 4.69) is 10.2 Å². The number of carbonyl (C=O) groups excluding carboxylic acids is 1. The summed E-state index contributed by atoms with van der Waals surface area (Å²) in [6, 6.07) is 8.38. The number of phenolic OH excluding ortho intramolecular Hbond substituents is 1. The first-order valence-electron chi connectivity index (χ1n) is 8.32. The Morgan fingerprint density at radius 1 is 1.38 bits per heavy atom. The van der Waals surface area contributed by atoms with Gasteiger partial charge in [-0.3, -0.25) is 5.32 Å². The standard InChI is InChI=1S/C19H20ClFN2O3/c1-23-5-4-12(10-23)11-26-19(25)22-18-3-2-15(21)9-17(18)13-6-14(20)8-16(24)7-13/h2-3,6-9,12,24H,4-5,10-11H2,1H3,(H,22,25)/t12-/m0/s1. The lowest BCUT2D eigenvalue weighted by Gasteiger charge is -2.14. The Hall–Kier alpha value is -2.31. The van der Waals surface area contributed by atoms with Gasteiger partial charge in [-0.05, 0) is 62.0 Å². The molecule has 1 aliphatic heterocycles. The number of nitrogens with zero attached hydrogens (tertiary/aromatic N) is 1. The number of carbonyl (C=O) groups is 1. The molecule has 0 radical (unpaired) electrons. The minimum absolute atomic E-state index is 0.0457. The molecule has 2 N–H and O–H groups in total. The molecule has 1 amide bonds. The Kier molecular flexibility index (Phi) is 5.64. The number of benzene rings is 2. The molecule has 0 aromatic heterocycles. The molecule has 2 aromatic carbocycles. The van der Waals surface area contributed by atoms with Gasteiger partial charge in [-0.2, -0.15) is 0 Å². The van der Waals surface area contributed by atoms with Crippen molar-refractivity contribution in [2.45, 2.75) is 6.42 Å². The SMILES string of the molecule is CN1CC[C@H](COC(=O)Nc2ccc(F)cc2-c2cc(O)cc(Cl)c2)C1. The second kappa shape index (κ2) is 7.93. The van der Waals surface area contributed by atoms with E-state index in [1.165, 1.54) is 30.3 Å². The molecule has 0 bridgehead atoms. The van der Waals surface area contributed by atoms with E-state index in [1.807, 2.05) is 7.05 Å².